The Kier molecular flexibility index (Phi) is 5.41. The Hall–Kier alpha value is -3.75. The number of nitrogens with zero attached hydrogens (tertiary/aromatic N) is 1. The minimum atomic E-state index is -0.887. The minimum Gasteiger partial charge on any atom is -0.452 e. The summed E-state index contributed by atoms with van der Waals surface area (Å²) in [4.78, 5) is 45.0. The maximum Gasteiger partial charge on any atom is 0.338 e. The second-order valence-corrected chi connectivity index (χ2v) is 4.84. The number of primary amides is 1. The highest BCUT2D eigenvalue weighted by atomic mass is 16.6. The fourth-order valence-electron chi connectivity index (χ4n) is 1.95. The molecule has 0 bridgehead atoms. The molecule has 0 aliphatic rings. The highest BCUT2D eigenvalue weighted by Gasteiger charge is 2.15. The molecule has 0 aliphatic carbocycles. The first-order valence-electron chi connectivity index (χ1n) is 6.98. The fourth-order valence-corrected chi connectivity index (χ4v) is 1.95. The Morgan fingerprint density at radius 2 is 1.84 bits per heavy atom. The van der Waals surface area contributed by atoms with Crippen LogP contribution >= 0.6 is 0 Å². The molecular weight excluding hydrogens is 330 g/mol. The summed E-state index contributed by atoms with van der Waals surface area (Å²) < 4.78 is 4.81. The molecule has 0 unspecified atom stereocenters. The van der Waals surface area contributed by atoms with Crippen molar-refractivity contribution in [2.24, 2.45) is 5.73 Å². The lowest BCUT2D eigenvalue weighted by Gasteiger charge is -2.09. The van der Waals surface area contributed by atoms with Gasteiger partial charge < -0.3 is 15.8 Å². The number of hydrogen-bond acceptors (Lipinski definition) is 6. The van der Waals surface area contributed by atoms with Crippen molar-refractivity contribution in [1.29, 1.82) is 0 Å². The summed E-state index contributed by atoms with van der Waals surface area (Å²) in [6.45, 7) is -0.630. The van der Waals surface area contributed by atoms with Gasteiger partial charge in [-0.3, -0.25) is 19.7 Å². The number of benzene rings is 2. The Morgan fingerprint density at radius 1 is 1.12 bits per heavy atom. The summed E-state index contributed by atoms with van der Waals surface area (Å²) in [5.74, 6) is -2.29. The number of non-ortho nitro benzene ring substituents is 1. The predicted molar refractivity (Wildman–Crippen MR) is 87.0 cm³/mol. The number of rotatable bonds is 6. The molecule has 0 fully saturated rings. The number of esters is 1. The summed E-state index contributed by atoms with van der Waals surface area (Å²) in [6, 6.07) is 11.0. The van der Waals surface area contributed by atoms with Crippen LogP contribution in [0.5, 0.6) is 0 Å². The van der Waals surface area contributed by atoms with Gasteiger partial charge in [-0.2, -0.15) is 0 Å². The molecule has 0 saturated heterocycles. The van der Waals surface area contributed by atoms with E-state index in [9.17, 15) is 24.5 Å². The highest BCUT2D eigenvalue weighted by molar-refractivity contribution is 6.03. The number of para-hydroxylation sites is 1. The fraction of sp³-hybridized carbons (Fsp3) is 0.0625. The summed E-state index contributed by atoms with van der Waals surface area (Å²) in [5, 5.41) is 13.1. The summed E-state index contributed by atoms with van der Waals surface area (Å²) in [7, 11) is 0. The van der Waals surface area contributed by atoms with Crippen molar-refractivity contribution < 1.29 is 24.0 Å². The number of nitrogens with one attached hydrogen (secondary N) is 1. The number of anilines is 1. The van der Waals surface area contributed by atoms with Crippen LogP contribution in [0.25, 0.3) is 0 Å². The Labute approximate surface area is 141 Å². The third-order valence-corrected chi connectivity index (χ3v) is 3.09. The van der Waals surface area contributed by atoms with E-state index in [1.807, 2.05) is 0 Å². The SMILES string of the molecule is NC(=O)c1ccccc1NC(=O)COC(=O)c1cccc([N+](=O)[O-])c1. The van der Waals surface area contributed by atoms with Gasteiger partial charge in [0.2, 0.25) is 0 Å². The van der Waals surface area contributed by atoms with Crippen LogP contribution in [0.2, 0.25) is 0 Å². The topological polar surface area (TPSA) is 142 Å². The standard InChI is InChI=1S/C16H13N3O6/c17-15(21)12-6-1-2-7-13(12)18-14(20)9-25-16(22)10-4-3-5-11(8-10)19(23)24/h1-8H,9H2,(H2,17,21)(H,18,20). The Morgan fingerprint density at radius 3 is 2.52 bits per heavy atom. The zero-order valence-electron chi connectivity index (χ0n) is 12.8. The van der Waals surface area contributed by atoms with E-state index in [0.29, 0.717) is 0 Å². The van der Waals surface area contributed by atoms with Gasteiger partial charge in [-0.05, 0) is 18.2 Å². The number of nitro groups is 1. The molecule has 3 N–H and O–H groups in total. The maximum absolute atomic E-state index is 11.9. The van der Waals surface area contributed by atoms with E-state index in [1.165, 1.54) is 30.3 Å². The second kappa shape index (κ2) is 7.68. The van der Waals surface area contributed by atoms with Crippen molar-refractivity contribution in [1.82, 2.24) is 0 Å². The molecule has 0 saturated carbocycles. The van der Waals surface area contributed by atoms with Gasteiger partial charge in [0.1, 0.15) is 0 Å². The van der Waals surface area contributed by atoms with E-state index in [0.717, 1.165) is 6.07 Å². The van der Waals surface area contributed by atoms with Crippen LogP contribution in [-0.4, -0.2) is 29.3 Å². The Bertz CT molecular complexity index is 849. The van der Waals surface area contributed by atoms with Gasteiger partial charge in [-0.25, -0.2) is 4.79 Å². The van der Waals surface area contributed by atoms with Gasteiger partial charge in [0.05, 0.1) is 21.7 Å². The van der Waals surface area contributed by atoms with E-state index < -0.39 is 29.3 Å². The van der Waals surface area contributed by atoms with Crippen molar-refractivity contribution in [3.05, 3.63) is 69.8 Å². The zero-order chi connectivity index (χ0) is 18.4. The zero-order valence-corrected chi connectivity index (χ0v) is 12.8. The average molecular weight is 343 g/mol. The van der Waals surface area contributed by atoms with Crippen LogP contribution in [0.1, 0.15) is 20.7 Å². The highest BCUT2D eigenvalue weighted by Crippen LogP contribution is 2.15. The van der Waals surface area contributed by atoms with E-state index in [4.69, 9.17) is 10.5 Å². The molecule has 9 nitrogen and oxygen atoms in total. The van der Waals surface area contributed by atoms with E-state index in [2.05, 4.69) is 5.32 Å². The first-order valence-corrected chi connectivity index (χ1v) is 6.98. The number of ether oxygens (including phenoxy) is 1. The van der Waals surface area contributed by atoms with Crippen LogP contribution in [-0.2, 0) is 9.53 Å². The number of hydrogen-bond donors (Lipinski definition) is 2. The van der Waals surface area contributed by atoms with Crippen LogP contribution in [0.4, 0.5) is 11.4 Å². The lowest BCUT2D eigenvalue weighted by Crippen LogP contribution is -2.23. The first kappa shape index (κ1) is 17.6. The van der Waals surface area contributed by atoms with Gasteiger partial charge in [0.25, 0.3) is 17.5 Å². The molecule has 0 atom stereocenters. The molecule has 0 radical (unpaired) electrons. The second-order valence-electron chi connectivity index (χ2n) is 4.84. The number of carbonyl (C=O) groups is 3. The molecule has 9 heteroatoms. The lowest BCUT2D eigenvalue weighted by atomic mass is 10.1. The first-order chi connectivity index (χ1) is 11.9. The summed E-state index contributed by atoms with van der Waals surface area (Å²) >= 11 is 0. The molecule has 2 rings (SSSR count). The molecule has 2 aromatic carbocycles. The van der Waals surface area contributed by atoms with Gasteiger partial charge in [-0.1, -0.05) is 18.2 Å². The van der Waals surface area contributed by atoms with Gasteiger partial charge in [0.15, 0.2) is 6.61 Å². The molecule has 2 aromatic rings. The van der Waals surface area contributed by atoms with E-state index in [-0.39, 0.29) is 22.5 Å². The quantitative estimate of drug-likeness (QED) is 0.462. The van der Waals surface area contributed by atoms with Crippen molar-refractivity contribution in [3.8, 4) is 0 Å². The molecule has 128 valence electrons. The number of nitrogens with two attached hydrogens (primary N) is 1. The average Bonchev–Trinajstić information content (AvgIpc) is 2.60. The van der Waals surface area contributed by atoms with Crippen molar-refractivity contribution in [2.45, 2.75) is 0 Å². The summed E-state index contributed by atoms with van der Waals surface area (Å²) in [5.41, 5.74) is 5.17. The van der Waals surface area contributed by atoms with Crippen molar-refractivity contribution in [3.63, 3.8) is 0 Å². The maximum atomic E-state index is 11.9. The van der Waals surface area contributed by atoms with E-state index >= 15 is 0 Å². The molecule has 0 heterocycles. The normalized spacial score (nSPS) is 9.92. The van der Waals surface area contributed by atoms with Crippen LogP contribution < -0.4 is 11.1 Å². The monoisotopic (exact) mass is 343 g/mol. The lowest BCUT2D eigenvalue weighted by molar-refractivity contribution is -0.384. The third kappa shape index (κ3) is 4.61. The van der Waals surface area contributed by atoms with Crippen LogP contribution in [0.3, 0.4) is 0 Å². The molecule has 0 aliphatic heterocycles. The molecule has 2 amide bonds. The molecule has 25 heavy (non-hydrogen) atoms. The largest absolute Gasteiger partial charge is 0.452 e. The summed E-state index contributed by atoms with van der Waals surface area (Å²) in [6.07, 6.45) is 0. The smallest absolute Gasteiger partial charge is 0.338 e. The molecule has 0 aromatic heterocycles. The minimum absolute atomic E-state index is 0.0560. The number of nitro benzene ring substituents is 1. The van der Waals surface area contributed by atoms with Crippen LogP contribution in [0.15, 0.2) is 48.5 Å². The van der Waals surface area contributed by atoms with Gasteiger partial charge in [-0.15, -0.1) is 0 Å². The van der Waals surface area contributed by atoms with Crippen molar-refractivity contribution in [2.75, 3.05) is 11.9 Å². The molecular formula is C16H13N3O6. The number of carbonyl (C=O) groups excluding carboxylic acids is 3. The van der Waals surface area contributed by atoms with Crippen molar-refractivity contribution >= 4 is 29.2 Å². The predicted octanol–water partition coefficient (Wildman–Crippen LogP) is 1.49. The van der Waals surface area contributed by atoms with Gasteiger partial charge >= 0.3 is 5.97 Å². The van der Waals surface area contributed by atoms with Gasteiger partial charge in [0, 0.05) is 12.1 Å². The van der Waals surface area contributed by atoms with E-state index in [1.54, 1.807) is 12.1 Å². The molecule has 0 spiro atoms. The Balaban J connectivity index is 1.98. The van der Waals surface area contributed by atoms with Crippen LogP contribution in [0, 0.1) is 10.1 Å². The number of amides is 2. The third-order valence-electron chi connectivity index (χ3n) is 3.09.